The molecule has 1 aromatic rings. The Morgan fingerprint density at radius 2 is 1.88 bits per heavy atom. The number of carbonyl (C=O) groups is 2. The first kappa shape index (κ1) is 10.7. The molecular formula is C11H8ClNO3. The van der Waals surface area contributed by atoms with Crippen LogP contribution in [0.2, 0.25) is 0 Å². The van der Waals surface area contributed by atoms with Gasteiger partial charge in [-0.3, -0.25) is 14.9 Å². The highest BCUT2D eigenvalue weighted by atomic mass is 35.5. The largest absolute Gasteiger partial charge is 0.496 e. The maximum absolute atomic E-state index is 11.5. The van der Waals surface area contributed by atoms with Gasteiger partial charge in [-0.2, -0.15) is 0 Å². The number of ether oxygens (including phenoxy) is 1. The van der Waals surface area contributed by atoms with Crippen LogP contribution in [0.4, 0.5) is 0 Å². The molecule has 1 heterocycles. The molecule has 1 aliphatic heterocycles. The van der Waals surface area contributed by atoms with Crippen molar-refractivity contribution in [2.75, 3.05) is 7.11 Å². The lowest BCUT2D eigenvalue weighted by atomic mass is 10.1. The van der Waals surface area contributed by atoms with Crippen LogP contribution < -0.4 is 10.1 Å². The summed E-state index contributed by atoms with van der Waals surface area (Å²) in [5.41, 5.74) is 0.669. The first-order valence-electron chi connectivity index (χ1n) is 4.54. The molecule has 0 unspecified atom stereocenters. The zero-order valence-electron chi connectivity index (χ0n) is 8.41. The normalized spacial score (nSPS) is 15.4. The van der Waals surface area contributed by atoms with Crippen LogP contribution in [-0.4, -0.2) is 18.9 Å². The zero-order chi connectivity index (χ0) is 11.7. The van der Waals surface area contributed by atoms with E-state index < -0.39 is 11.8 Å². The first-order chi connectivity index (χ1) is 7.65. The number of hydrogen-bond acceptors (Lipinski definition) is 3. The van der Waals surface area contributed by atoms with Crippen LogP contribution in [-0.2, 0) is 9.59 Å². The molecule has 5 heteroatoms. The van der Waals surface area contributed by atoms with E-state index in [1.807, 2.05) is 0 Å². The average Bonchev–Trinajstić information content (AvgIpc) is 2.53. The van der Waals surface area contributed by atoms with Crippen molar-refractivity contribution in [3.05, 3.63) is 34.9 Å². The Bertz CT molecular complexity index is 508. The molecule has 0 saturated carbocycles. The van der Waals surface area contributed by atoms with Crippen LogP contribution in [0, 0.1) is 0 Å². The van der Waals surface area contributed by atoms with Gasteiger partial charge in [0.2, 0.25) is 0 Å². The number of nitrogens with one attached hydrogen (secondary N) is 1. The lowest BCUT2D eigenvalue weighted by Gasteiger charge is -2.07. The lowest BCUT2D eigenvalue weighted by Crippen LogP contribution is -2.22. The van der Waals surface area contributed by atoms with Gasteiger partial charge < -0.3 is 4.74 Å². The van der Waals surface area contributed by atoms with E-state index in [2.05, 4.69) is 5.32 Å². The van der Waals surface area contributed by atoms with E-state index in [0.29, 0.717) is 11.3 Å². The summed E-state index contributed by atoms with van der Waals surface area (Å²) in [5, 5.41) is 2.02. The molecule has 0 fully saturated rings. The Labute approximate surface area is 96.9 Å². The summed E-state index contributed by atoms with van der Waals surface area (Å²) in [6.07, 6.45) is 0. The summed E-state index contributed by atoms with van der Waals surface area (Å²) >= 11 is 5.78. The minimum atomic E-state index is -0.576. The molecular weight excluding hydrogens is 230 g/mol. The maximum atomic E-state index is 11.5. The summed E-state index contributed by atoms with van der Waals surface area (Å²) in [7, 11) is 1.49. The Morgan fingerprint density at radius 3 is 2.44 bits per heavy atom. The van der Waals surface area contributed by atoms with Crippen LogP contribution in [0.1, 0.15) is 5.56 Å². The standard InChI is InChI=1S/C11H8ClNO3/c1-16-7-5-3-2-4-6(7)8-9(12)11(15)13-10(8)14/h2-5H,1H3,(H,13,14,15). The second-order valence-corrected chi connectivity index (χ2v) is 3.55. The number of rotatable bonds is 2. The Kier molecular flexibility index (Phi) is 2.66. The SMILES string of the molecule is COc1ccccc1C1=C(Cl)C(=O)NC1=O. The number of para-hydroxylation sites is 1. The van der Waals surface area contributed by atoms with Crippen molar-refractivity contribution >= 4 is 29.0 Å². The van der Waals surface area contributed by atoms with E-state index in [-0.39, 0.29) is 10.6 Å². The highest BCUT2D eigenvalue weighted by Gasteiger charge is 2.31. The van der Waals surface area contributed by atoms with Crippen molar-refractivity contribution in [3.63, 3.8) is 0 Å². The molecule has 0 bridgehead atoms. The summed E-state index contributed by atoms with van der Waals surface area (Å²) in [6, 6.07) is 6.88. The highest BCUT2D eigenvalue weighted by molar-refractivity contribution is 6.55. The van der Waals surface area contributed by atoms with Crippen molar-refractivity contribution in [2.45, 2.75) is 0 Å². The molecule has 2 amide bonds. The molecule has 0 atom stereocenters. The summed E-state index contributed by atoms with van der Waals surface area (Å²) in [4.78, 5) is 22.7. The van der Waals surface area contributed by atoms with E-state index in [0.717, 1.165) is 0 Å². The van der Waals surface area contributed by atoms with Crippen molar-refractivity contribution in [3.8, 4) is 5.75 Å². The van der Waals surface area contributed by atoms with Gasteiger partial charge in [-0.15, -0.1) is 0 Å². The molecule has 1 aromatic carbocycles. The van der Waals surface area contributed by atoms with Crippen molar-refractivity contribution in [2.24, 2.45) is 0 Å². The van der Waals surface area contributed by atoms with Gasteiger partial charge >= 0.3 is 0 Å². The third-order valence-corrected chi connectivity index (χ3v) is 2.61. The van der Waals surface area contributed by atoms with E-state index >= 15 is 0 Å². The molecule has 1 aliphatic rings. The number of carbonyl (C=O) groups excluding carboxylic acids is 2. The topological polar surface area (TPSA) is 55.4 Å². The van der Waals surface area contributed by atoms with Crippen LogP contribution in [0.3, 0.4) is 0 Å². The first-order valence-corrected chi connectivity index (χ1v) is 4.91. The van der Waals surface area contributed by atoms with Gasteiger partial charge in [0.1, 0.15) is 10.8 Å². The third-order valence-electron chi connectivity index (χ3n) is 2.25. The van der Waals surface area contributed by atoms with Crippen LogP contribution in [0.15, 0.2) is 29.3 Å². The number of amides is 2. The molecule has 1 N–H and O–H groups in total. The molecule has 16 heavy (non-hydrogen) atoms. The lowest BCUT2D eigenvalue weighted by molar-refractivity contribution is -0.123. The fraction of sp³-hybridized carbons (Fsp3) is 0.0909. The molecule has 4 nitrogen and oxygen atoms in total. The fourth-order valence-electron chi connectivity index (χ4n) is 1.53. The summed E-state index contributed by atoms with van der Waals surface area (Å²) < 4.78 is 5.11. The molecule has 0 aliphatic carbocycles. The van der Waals surface area contributed by atoms with Crippen LogP contribution in [0.25, 0.3) is 5.57 Å². The number of methoxy groups -OCH3 is 1. The van der Waals surface area contributed by atoms with Gasteiger partial charge in [0.05, 0.1) is 12.7 Å². The summed E-state index contributed by atoms with van der Waals surface area (Å²) in [5.74, 6) is -0.576. The van der Waals surface area contributed by atoms with Gasteiger partial charge in [0, 0.05) is 5.56 Å². The number of halogens is 1. The second-order valence-electron chi connectivity index (χ2n) is 3.17. The quantitative estimate of drug-likeness (QED) is 0.789. The minimum absolute atomic E-state index is 0.102. The van der Waals surface area contributed by atoms with Gasteiger partial charge in [0.25, 0.3) is 11.8 Å². The van der Waals surface area contributed by atoms with Gasteiger partial charge in [-0.1, -0.05) is 29.8 Å². The molecule has 0 radical (unpaired) electrons. The monoisotopic (exact) mass is 237 g/mol. The van der Waals surface area contributed by atoms with Gasteiger partial charge in [-0.25, -0.2) is 0 Å². The van der Waals surface area contributed by atoms with Crippen molar-refractivity contribution < 1.29 is 14.3 Å². The molecule has 2 rings (SSSR count). The zero-order valence-corrected chi connectivity index (χ0v) is 9.17. The van der Waals surface area contributed by atoms with Crippen LogP contribution in [0.5, 0.6) is 5.75 Å². The molecule has 0 aromatic heterocycles. The Hall–Kier alpha value is -1.81. The van der Waals surface area contributed by atoms with E-state index in [9.17, 15) is 9.59 Å². The second kappa shape index (κ2) is 3.98. The number of benzene rings is 1. The number of hydrogen-bond donors (Lipinski definition) is 1. The number of imide groups is 1. The van der Waals surface area contributed by atoms with Crippen LogP contribution >= 0.6 is 11.6 Å². The molecule has 0 spiro atoms. The third kappa shape index (κ3) is 1.57. The molecule has 0 saturated heterocycles. The van der Waals surface area contributed by atoms with E-state index in [1.165, 1.54) is 7.11 Å². The Morgan fingerprint density at radius 1 is 1.19 bits per heavy atom. The van der Waals surface area contributed by atoms with Crippen molar-refractivity contribution in [1.29, 1.82) is 0 Å². The fourth-order valence-corrected chi connectivity index (χ4v) is 1.76. The van der Waals surface area contributed by atoms with E-state index in [1.54, 1.807) is 24.3 Å². The Balaban J connectivity index is 2.60. The highest BCUT2D eigenvalue weighted by Crippen LogP contribution is 2.32. The van der Waals surface area contributed by atoms with Crippen molar-refractivity contribution in [1.82, 2.24) is 5.32 Å². The predicted molar refractivity (Wildman–Crippen MR) is 58.9 cm³/mol. The van der Waals surface area contributed by atoms with Gasteiger partial charge in [-0.05, 0) is 6.07 Å². The van der Waals surface area contributed by atoms with E-state index in [4.69, 9.17) is 16.3 Å². The summed E-state index contributed by atoms with van der Waals surface area (Å²) in [6.45, 7) is 0. The minimum Gasteiger partial charge on any atom is -0.496 e. The van der Waals surface area contributed by atoms with Gasteiger partial charge in [0.15, 0.2) is 0 Å². The average molecular weight is 238 g/mol. The smallest absolute Gasteiger partial charge is 0.270 e. The predicted octanol–water partition coefficient (Wildman–Crippen LogP) is 1.30. The molecule has 82 valence electrons. The maximum Gasteiger partial charge on any atom is 0.270 e.